The Morgan fingerprint density at radius 1 is 1.25 bits per heavy atom. The smallest absolute Gasteiger partial charge is 0.306 e. The lowest BCUT2D eigenvalue weighted by molar-refractivity contribution is -0.143. The monoisotopic (exact) mass is 347 g/mol. The number of amides is 1. The van der Waals surface area contributed by atoms with E-state index in [9.17, 15) is 9.59 Å². The summed E-state index contributed by atoms with van der Waals surface area (Å²) in [6.07, 6.45) is 2.73. The second-order valence-corrected chi connectivity index (χ2v) is 6.37. The molecular formula is C17H18ClN3O3. The average Bonchev–Trinajstić information content (AvgIpc) is 2.96. The van der Waals surface area contributed by atoms with Crippen LogP contribution in [-0.2, 0) is 4.79 Å². The van der Waals surface area contributed by atoms with Gasteiger partial charge in [0.25, 0.3) is 5.91 Å². The quantitative estimate of drug-likeness (QED) is 0.926. The van der Waals surface area contributed by atoms with Crippen LogP contribution in [0, 0.1) is 12.8 Å². The first-order chi connectivity index (χ1) is 11.5. The van der Waals surface area contributed by atoms with E-state index >= 15 is 0 Å². The number of nitrogens with zero attached hydrogens (tertiary/aromatic N) is 3. The lowest BCUT2D eigenvalue weighted by Gasteiger charge is -2.29. The summed E-state index contributed by atoms with van der Waals surface area (Å²) in [6.45, 7) is 2.71. The lowest BCUT2D eigenvalue weighted by atomic mass is 9.97. The maximum atomic E-state index is 12.7. The van der Waals surface area contributed by atoms with Crippen LogP contribution in [0.1, 0.15) is 28.9 Å². The van der Waals surface area contributed by atoms with E-state index in [0.717, 1.165) is 5.56 Å². The van der Waals surface area contributed by atoms with Crippen LogP contribution >= 0.6 is 11.6 Å². The molecule has 0 atom stereocenters. The van der Waals surface area contributed by atoms with Crippen molar-refractivity contribution >= 4 is 23.5 Å². The first-order valence-corrected chi connectivity index (χ1v) is 8.18. The molecule has 0 aliphatic carbocycles. The molecule has 1 aliphatic heterocycles. The third-order valence-electron chi connectivity index (χ3n) is 4.33. The number of carbonyl (C=O) groups is 2. The summed E-state index contributed by atoms with van der Waals surface area (Å²) in [7, 11) is 0. The number of hydrogen-bond acceptors (Lipinski definition) is 3. The van der Waals surface area contributed by atoms with Crippen molar-refractivity contribution < 1.29 is 14.7 Å². The van der Waals surface area contributed by atoms with Gasteiger partial charge in [-0.3, -0.25) is 9.59 Å². The molecule has 3 rings (SSSR count). The van der Waals surface area contributed by atoms with E-state index in [-0.39, 0.29) is 11.8 Å². The third-order valence-corrected chi connectivity index (χ3v) is 4.65. The minimum Gasteiger partial charge on any atom is -0.481 e. The molecule has 1 saturated heterocycles. The second kappa shape index (κ2) is 6.65. The van der Waals surface area contributed by atoms with E-state index in [2.05, 4.69) is 5.10 Å². The van der Waals surface area contributed by atoms with Gasteiger partial charge in [0, 0.05) is 24.8 Å². The number of aliphatic carboxylic acids is 1. The van der Waals surface area contributed by atoms with E-state index in [1.54, 1.807) is 21.8 Å². The Morgan fingerprint density at radius 2 is 1.92 bits per heavy atom. The van der Waals surface area contributed by atoms with Crippen LogP contribution in [0.25, 0.3) is 5.69 Å². The molecule has 6 nitrogen and oxygen atoms in total. The number of carboxylic acids is 1. The fraction of sp³-hybridized carbons (Fsp3) is 0.353. The molecular weight excluding hydrogens is 330 g/mol. The first-order valence-electron chi connectivity index (χ1n) is 7.80. The van der Waals surface area contributed by atoms with Gasteiger partial charge in [0.2, 0.25) is 0 Å². The van der Waals surface area contributed by atoms with Crippen molar-refractivity contribution in [2.24, 2.45) is 5.92 Å². The molecule has 2 aromatic rings. The molecule has 0 unspecified atom stereocenters. The summed E-state index contributed by atoms with van der Waals surface area (Å²) in [5.41, 5.74) is 1.86. The van der Waals surface area contributed by atoms with E-state index in [1.165, 1.54) is 0 Å². The minimum atomic E-state index is -0.790. The van der Waals surface area contributed by atoms with Gasteiger partial charge in [0.05, 0.1) is 16.6 Å². The van der Waals surface area contributed by atoms with Gasteiger partial charge in [-0.2, -0.15) is 5.10 Å². The van der Waals surface area contributed by atoms with Crippen molar-refractivity contribution in [2.75, 3.05) is 13.1 Å². The summed E-state index contributed by atoms with van der Waals surface area (Å²) in [5.74, 6) is -1.32. The van der Waals surface area contributed by atoms with E-state index < -0.39 is 5.97 Å². The van der Waals surface area contributed by atoms with Gasteiger partial charge in [0.15, 0.2) is 5.69 Å². The molecule has 1 N–H and O–H groups in total. The normalized spacial score (nSPS) is 15.5. The number of likely N-dealkylation sites (tertiary alicyclic amines) is 1. The predicted octanol–water partition coefficient (Wildman–Crippen LogP) is 2.77. The molecule has 0 saturated carbocycles. The van der Waals surface area contributed by atoms with Gasteiger partial charge in [-0.1, -0.05) is 23.7 Å². The van der Waals surface area contributed by atoms with Gasteiger partial charge in [-0.15, -0.1) is 0 Å². The van der Waals surface area contributed by atoms with Crippen molar-refractivity contribution in [3.8, 4) is 5.69 Å². The summed E-state index contributed by atoms with van der Waals surface area (Å²) >= 11 is 6.18. The van der Waals surface area contributed by atoms with E-state index in [1.807, 2.05) is 25.1 Å². The van der Waals surface area contributed by atoms with Crippen molar-refractivity contribution in [1.29, 1.82) is 0 Å². The highest BCUT2D eigenvalue weighted by Crippen LogP contribution is 2.23. The standard InChI is InChI=1S/C17H18ClN3O3/c1-11-10-21(14-5-3-2-4-13(14)18)19-15(11)16(22)20-8-6-12(7-9-20)17(23)24/h2-5,10,12H,6-9H2,1H3,(H,23,24). The molecule has 0 bridgehead atoms. The zero-order chi connectivity index (χ0) is 17.3. The first kappa shape index (κ1) is 16.5. The molecule has 0 radical (unpaired) electrons. The summed E-state index contributed by atoms with van der Waals surface area (Å²) < 4.78 is 1.61. The Kier molecular flexibility index (Phi) is 4.57. The topological polar surface area (TPSA) is 75.4 Å². The highest BCUT2D eigenvalue weighted by atomic mass is 35.5. The molecule has 24 heavy (non-hydrogen) atoms. The Bertz CT molecular complexity index is 779. The number of rotatable bonds is 3. The van der Waals surface area contributed by atoms with Crippen molar-refractivity contribution in [2.45, 2.75) is 19.8 Å². The zero-order valence-electron chi connectivity index (χ0n) is 13.3. The molecule has 1 aromatic heterocycles. The van der Waals surface area contributed by atoms with Crippen molar-refractivity contribution in [1.82, 2.24) is 14.7 Å². The number of halogens is 1. The summed E-state index contributed by atoms with van der Waals surface area (Å²) in [6, 6.07) is 7.30. The van der Waals surface area contributed by atoms with Crippen LogP contribution in [0.5, 0.6) is 0 Å². The van der Waals surface area contributed by atoms with Gasteiger partial charge in [-0.25, -0.2) is 4.68 Å². The van der Waals surface area contributed by atoms with E-state index in [0.29, 0.717) is 42.3 Å². The van der Waals surface area contributed by atoms with Crippen LogP contribution in [0.2, 0.25) is 5.02 Å². The van der Waals surface area contributed by atoms with Crippen molar-refractivity contribution in [3.63, 3.8) is 0 Å². The van der Waals surface area contributed by atoms with Gasteiger partial charge in [-0.05, 0) is 31.9 Å². The molecule has 0 spiro atoms. The molecule has 126 valence electrons. The average molecular weight is 348 g/mol. The molecule has 1 amide bonds. The number of piperidine rings is 1. The van der Waals surface area contributed by atoms with Crippen LogP contribution < -0.4 is 0 Å². The number of aromatic nitrogens is 2. The minimum absolute atomic E-state index is 0.165. The van der Waals surface area contributed by atoms with Crippen molar-refractivity contribution in [3.05, 3.63) is 46.7 Å². The molecule has 1 aromatic carbocycles. The maximum absolute atomic E-state index is 12.7. The SMILES string of the molecule is Cc1cn(-c2ccccc2Cl)nc1C(=O)N1CCC(C(=O)O)CC1. The van der Waals surface area contributed by atoms with Crippen LogP contribution in [0.3, 0.4) is 0 Å². The maximum Gasteiger partial charge on any atom is 0.306 e. The third kappa shape index (κ3) is 3.14. The highest BCUT2D eigenvalue weighted by Gasteiger charge is 2.29. The van der Waals surface area contributed by atoms with Gasteiger partial charge >= 0.3 is 5.97 Å². The number of carboxylic acid groups (broad SMARTS) is 1. The Morgan fingerprint density at radius 3 is 2.54 bits per heavy atom. The Balaban J connectivity index is 1.80. The van der Waals surface area contributed by atoms with Crippen LogP contribution in [0.15, 0.2) is 30.5 Å². The summed E-state index contributed by atoms with van der Waals surface area (Å²) in [5, 5.41) is 14.0. The lowest BCUT2D eigenvalue weighted by Crippen LogP contribution is -2.40. The highest BCUT2D eigenvalue weighted by molar-refractivity contribution is 6.32. The van der Waals surface area contributed by atoms with Crippen LogP contribution in [-0.4, -0.2) is 44.8 Å². The molecule has 1 aliphatic rings. The molecule has 1 fully saturated rings. The predicted molar refractivity (Wildman–Crippen MR) is 89.6 cm³/mol. The number of carbonyl (C=O) groups excluding carboxylic acids is 1. The molecule has 2 heterocycles. The number of hydrogen-bond donors (Lipinski definition) is 1. The zero-order valence-corrected chi connectivity index (χ0v) is 14.0. The molecule has 7 heteroatoms. The largest absolute Gasteiger partial charge is 0.481 e. The fourth-order valence-corrected chi connectivity index (χ4v) is 3.13. The Hall–Kier alpha value is -2.34. The Labute approximate surface area is 144 Å². The van der Waals surface area contributed by atoms with Gasteiger partial charge in [0.1, 0.15) is 0 Å². The number of aryl methyl sites for hydroxylation is 1. The van der Waals surface area contributed by atoms with Gasteiger partial charge < -0.3 is 10.0 Å². The summed E-state index contributed by atoms with van der Waals surface area (Å²) in [4.78, 5) is 25.4. The fourth-order valence-electron chi connectivity index (χ4n) is 2.91. The second-order valence-electron chi connectivity index (χ2n) is 5.96. The van der Waals surface area contributed by atoms with E-state index in [4.69, 9.17) is 16.7 Å². The van der Waals surface area contributed by atoms with Crippen LogP contribution in [0.4, 0.5) is 0 Å². The number of para-hydroxylation sites is 1. The number of benzene rings is 1.